The van der Waals surface area contributed by atoms with Crippen molar-refractivity contribution >= 4 is 23.6 Å². The number of anilines is 1. The molecular formula is C24H26N2O3. The molecule has 0 saturated carbocycles. The number of likely N-dealkylation sites (N-methyl/N-ethyl adjacent to an activating group) is 1. The van der Waals surface area contributed by atoms with Crippen molar-refractivity contribution in [3.63, 3.8) is 0 Å². The van der Waals surface area contributed by atoms with Crippen LogP contribution in [0.1, 0.15) is 44.7 Å². The summed E-state index contributed by atoms with van der Waals surface area (Å²) in [6, 6.07) is 18.7. The molecule has 2 aromatic carbocycles. The van der Waals surface area contributed by atoms with Crippen molar-refractivity contribution in [3.05, 3.63) is 71.3 Å². The van der Waals surface area contributed by atoms with Gasteiger partial charge in [-0.3, -0.25) is 4.79 Å². The fraction of sp³-hybridized carbons (Fsp3) is 0.292. The number of benzene rings is 2. The molecule has 150 valence electrons. The van der Waals surface area contributed by atoms with Crippen LogP contribution in [-0.2, 0) is 14.3 Å². The summed E-state index contributed by atoms with van der Waals surface area (Å²) in [6.45, 7) is 7.99. The average molecular weight is 390 g/mol. The van der Waals surface area contributed by atoms with Crippen LogP contribution in [0.25, 0.3) is 6.08 Å². The van der Waals surface area contributed by atoms with Gasteiger partial charge in [-0.05, 0) is 49.1 Å². The maximum Gasteiger partial charge on any atom is 0.349 e. The lowest BCUT2D eigenvalue weighted by Gasteiger charge is -2.24. The van der Waals surface area contributed by atoms with Crippen molar-refractivity contribution in [1.82, 2.24) is 0 Å². The van der Waals surface area contributed by atoms with Crippen LogP contribution in [0, 0.1) is 11.3 Å². The zero-order valence-corrected chi connectivity index (χ0v) is 17.3. The van der Waals surface area contributed by atoms with Crippen LogP contribution in [0.5, 0.6) is 0 Å². The van der Waals surface area contributed by atoms with Crippen LogP contribution in [0.2, 0.25) is 0 Å². The Kier molecular flexibility index (Phi) is 7.73. The normalized spacial score (nSPS) is 12.2. The van der Waals surface area contributed by atoms with Crippen LogP contribution >= 0.6 is 0 Å². The highest BCUT2D eigenvalue weighted by Gasteiger charge is 2.25. The van der Waals surface area contributed by atoms with E-state index < -0.39 is 12.1 Å². The van der Waals surface area contributed by atoms with Gasteiger partial charge in [0.15, 0.2) is 6.10 Å². The topological polar surface area (TPSA) is 70.4 Å². The molecule has 0 N–H and O–H groups in total. The summed E-state index contributed by atoms with van der Waals surface area (Å²) in [5.74, 6) is -0.762. The Morgan fingerprint density at radius 2 is 1.69 bits per heavy atom. The van der Waals surface area contributed by atoms with E-state index >= 15 is 0 Å². The molecule has 1 amide bonds. The minimum Gasteiger partial charge on any atom is -0.448 e. The van der Waals surface area contributed by atoms with E-state index in [1.54, 1.807) is 4.90 Å². The Bertz CT molecular complexity index is 909. The second kappa shape index (κ2) is 10.2. The number of hydrogen-bond donors (Lipinski definition) is 0. The molecular weight excluding hydrogens is 364 g/mol. The summed E-state index contributed by atoms with van der Waals surface area (Å²) in [7, 11) is 0. The van der Waals surface area contributed by atoms with Crippen LogP contribution in [0.15, 0.2) is 60.2 Å². The lowest BCUT2D eigenvalue weighted by Crippen LogP contribution is -2.40. The molecule has 1 atom stereocenters. The van der Waals surface area contributed by atoms with E-state index in [1.807, 2.05) is 67.6 Å². The van der Waals surface area contributed by atoms with Gasteiger partial charge in [0.2, 0.25) is 0 Å². The van der Waals surface area contributed by atoms with Crippen molar-refractivity contribution < 1.29 is 14.3 Å². The molecule has 2 aromatic rings. The van der Waals surface area contributed by atoms with Crippen LogP contribution in [-0.4, -0.2) is 24.5 Å². The first-order valence-corrected chi connectivity index (χ1v) is 9.66. The SMILES string of the molecule is CCN(C(=O)[C@H](C)OC(=O)/C(C#N)=C/c1ccc(C(C)C)cc1)c1ccccc1. The fourth-order valence-electron chi connectivity index (χ4n) is 2.85. The Morgan fingerprint density at radius 3 is 2.21 bits per heavy atom. The van der Waals surface area contributed by atoms with Crippen molar-refractivity contribution in [2.45, 2.75) is 39.7 Å². The van der Waals surface area contributed by atoms with Gasteiger partial charge in [0.1, 0.15) is 11.6 Å². The average Bonchev–Trinajstić information content (AvgIpc) is 2.73. The van der Waals surface area contributed by atoms with Crippen LogP contribution in [0.4, 0.5) is 5.69 Å². The minimum absolute atomic E-state index is 0.148. The van der Waals surface area contributed by atoms with E-state index in [-0.39, 0.29) is 11.5 Å². The molecule has 0 aromatic heterocycles. The molecule has 0 bridgehead atoms. The van der Waals surface area contributed by atoms with Gasteiger partial charge >= 0.3 is 5.97 Å². The van der Waals surface area contributed by atoms with Crippen molar-refractivity contribution in [2.24, 2.45) is 0 Å². The number of para-hydroxylation sites is 1. The number of hydrogen-bond acceptors (Lipinski definition) is 4. The Morgan fingerprint density at radius 1 is 1.07 bits per heavy atom. The van der Waals surface area contributed by atoms with E-state index in [9.17, 15) is 14.9 Å². The van der Waals surface area contributed by atoms with Crippen molar-refractivity contribution in [2.75, 3.05) is 11.4 Å². The van der Waals surface area contributed by atoms with Crippen LogP contribution in [0.3, 0.4) is 0 Å². The van der Waals surface area contributed by atoms with E-state index in [0.717, 1.165) is 11.3 Å². The van der Waals surface area contributed by atoms with Gasteiger partial charge in [-0.1, -0.05) is 56.3 Å². The third kappa shape index (κ3) is 5.79. The van der Waals surface area contributed by atoms with Gasteiger partial charge in [-0.15, -0.1) is 0 Å². The summed E-state index contributed by atoms with van der Waals surface area (Å²) in [4.78, 5) is 26.7. The molecule has 0 aliphatic rings. The number of nitrogens with zero attached hydrogens (tertiary/aromatic N) is 2. The van der Waals surface area contributed by atoms with E-state index in [1.165, 1.54) is 18.6 Å². The second-order valence-electron chi connectivity index (χ2n) is 6.96. The summed E-state index contributed by atoms with van der Waals surface area (Å²) >= 11 is 0. The van der Waals surface area contributed by atoms with E-state index in [4.69, 9.17) is 4.74 Å². The molecule has 0 aliphatic heterocycles. The third-order valence-electron chi connectivity index (χ3n) is 4.54. The molecule has 29 heavy (non-hydrogen) atoms. The number of ether oxygens (including phenoxy) is 1. The van der Waals surface area contributed by atoms with Gasteiger partial charge in [0.25, 0.3) is 5.91 Å². The first-order chi connectivity index (χ1) is 13.9. The molecule has 0 heterocycles. The quantitative estimate of drug-likeness (QED) is 0.390. The lowest BCUT2D eigenvalue weighted by molar-refractivity contribution is -0.149. The molecule has 0 spiro atoms. The number of nitriles is 1. The van der Waals surface area contributed by atoms with Gasteiger partial charge in [-0.25, -0.2) is 4.79 Å². The number of esters is 1. The molecule has 0 unspecified atom stereocenters. The first-order valence-electron chi connectivity index (χ1n) is 9.66. The van der Waals surface area contributed by atoms with Crippen molar-refractivity contribution in [3.8, 4) is 6.07 Å². The Labute approximate surface area is 172 Å². The van der Waals surface area contributed by atoms with E-state index in [0.29, 0.717) is 12.5 Å². The largest absolute Gasteiger partial charge is 0.448 e. The summed E-state index contributed by atoms with van der Waals surface area (Å²) in [5.41, 5.74) is 2.47. The number of amides is 1. The maximum atomic E-state index is 12.7. The van der Waals surface area contributed by atoms with Crippen LogP contribution < -0.4 is 4.90 Å². The molecule has 0 saturated heterocycles. The predicted molar refractivity (Wildman–Crippen MR) is 114 cm³/mol. The molecule has 5 heteroatoms. The maximum absolute atomic E-state index is 12.7. The number of carbonyl (C=O) groups excluding carboxylic acids is 2. The standard InChI is InChI=1S/C24H26N2O3/c1-5-26(22-9-7-6-8-10-22)23(27)18(4)29-24(28)21(16-25)15-19-11-13-20(14-12-19)17(2)3/h6-15,17-18H,5H2,1-4H3/b21-15+/t18-/m0/s1. The van der Waals surface area contributed by atoms with Gasteiger partial charge in [0.05, 0.1) is 0 Å². The number of carbonyl (C=O) groups is 2. The highest BCUT2D eigenvalue weighted by Crippen LogP contribution is 2.18. The molecule has 0 radical (unpaired) electrons. The monoisotopic (exact) mass is 390 g/mol. The third-order valence-corrected chi connectivity index (χ3v) is 4.54. The van der Waals surface area contributed by atoms with Gasteiger partial charge < -0.3 is 9.64 Å². The fourth-order valence-corrected chi connectivity index (χ4v) is 2.85. The molecule has 0 fully saturated rings. The Hall–Kier alpha value is -3.39. The second-order valence-corrected chi connectivity index (χ2v) is 6.96. The predicted octanol–water partition coefficient (Wildman–Crippen LogP) is 4.70. The van der Waals surface area contributed by atoms with Crippen molar-refractivity contribution in [1.29, 1.82) is 5.26 Å². The Balaban J connectivity index is 2.11. The molecule has 0 aliphatic carbocycles. The minimum atomic E-state index is -1.01. The zero-order chi connectivity index (χ0) is 21.4. The summed E-state index contributed by atoms with van der Waals surface area (Å²) in [5, 5.41) is 9.37. The number of rotatable bonds is 7. The first kappa shape index (κ1) is 21.9. The van der Waals surface area contributed by atoms with Gasteiger partial charge in [-0.2, -0.15) is 5.26 Å². The summed E-state index contributed by atoms with van der Waals surface area (Å²) in [6.07, 6.45) is 0.459. The van der Waals surface area contributed by atoms with Gasteiger partial charge in [0, 0.05) is 12.2 Å². The molecule has 2 rings (SSSR count). The summed E-state index contributed by atoms with van der Waals surface area (Å²) < 4.78 is 5.28. The zero-order valence-electron chi connectivity index (χ0n) is 17.3. The lowest BCUT2D eigenvalue weighted by atomic mass is 10.0. The highest BCUT2D eigenvalue weighted by molar-refractivity contribution is 6.01. The highest BCUT2D eigenvalue weighted by atomic mass is 16.5. The smallest absolute Gasteiger partial charge is 0.349 e. The molecule has 5 nitrogen and oxygen atoms in total. The van der Waals surface area contributed by atoms with E-state index in [2.05, 4.69) is 13.8 Å².